The number of nitrogens with one attached hydrogen (secondary N) is 1. The molecule has 1 aromatic carbocycles. The summed E-state index contributed by atoms with van der Waals surface area (Å²) in [6, 6.07) is 6.07. The van der Waals surface area contributed by atoms with Crippen LogP contribution in [-0.4, -0.2) is 18.0 Å². The SMILES string of the molecule is [B]c1cn[nH]c1-c1ccc(F)cc1. The molecule has 0 saturated heterocycles. The quantitative estimate of drug-likeness (QED) is 0.638. The lowest BCUT2D eigenvalue weighted by Crippen LogP contribution is -2.01. The van der Waals surface area contributed by atoms with Gasteiger partial charge in [0.2, 0.25) is 0 Å². The Morgan fingerprint density at radius 3 is 2.46 bits per heavy atom. The highest BCUT2D eigenvalue weighted by molar-refractivity contribution is 6.35. The lowest BCUT2D eigenvalue weighted by atomic mass is 9.94. The van der Waals surface area contributed by atoms with E-state index in [0.717, 1.165) is 11.3 Å². The Kier molecular flexibility index (Phi) is 1.89. The minimum absolute atomic E-state index is 0.262. The van der Waals surface area contributed by atoms with Gasteiger partial charge in [-0.2, -0.15) is 5.10 Å². The van der Waals surface area contributed by atoms with Crippen LogP contribution in [0.1, 0.15) is 0 Å². The van der Waals surface area contributed by atoms with Gasteiger partial charge in [0, 0.05) is 6.20 Å². The Balaban J connectivity index is 2.47. The van der Waals surface area contributed by atoms with Gasteiger partial charge in [0.1, 0.15) is 13.7 Å². The van der Waals surface area contributed by atoms with Crippen molar-refractivity contribution in [1.82, 2.24) is 10.2 Å². The standard InChI is InChI=1S/C9H6BFN2/c10-8-5-12-13-9(8)6-1-3-7(11)4-2-6/h1-5H,(H,12,13). The first-order valence-electron chi connectivity index (χ1n) is 3.82. The summed E-state index contributed by atoms with van der Waals surface area (Å²) < 4.78 is 12.6. The number of H-pyrrole nitrogens is 1. The molecule has 0 amide bonds. The van der Waals surface area contributed by atoms with Crippen LogP contribution in [0.5, 0.6) is 0 Å². The molecule has 0 fully saturated rings. The van der Waals surface area contributed by atoms with Crippen LogP contribution in [0.3, 0.4) is 0 Å². The summed E-state index contributed by atoms with van der Waals surface area (Å²) in [6.07, 6.45) is 1.53. The Bertz CT molecular complexity index is 408. The van der Waals surface area contributed by atoms with Gasteiger partial charge in [0.25, 0.3) is 0 Å². The largest absolute Gasteiger partial charge is 0.278 e. The van der Waals surface area contributed by atoms with E-state index < -0.39 is 0 Å². The molecule has 0 atom stereocenters. The number of hydrogen-bond donors (Lipinski definition) is 1. The fourth-order valence-corrected chi connectivity index (χ4v) is 1.14. The van der Waals surface area contributed by atoms with Crippen molar-refractivity contribution in [2.24, 2.45) is 0 Å². The molecule has 1 aromatic heterocycles. The van der Waals surface area contributed by atoms with Crippen molar-refractivity contribution in [3.63, 3.8) is 0 Å². The van der Waals surface area contributed by atoms with Gasteiger partial charge in [-0.25, -0.2) is 4.39 Å². The number of nitrogens with zero attached hydrogens (tertiary/aromatic N) is 1. The monoisotopic (exact) mass is 172 g/mol. The Morgan fingerprint density at radius 1 is 1.23 bits per heavy atom. The zero-order valence-electron chi connectivity index (χ0n) is 6.79. The second-order valence-corrected chi connectivity index (χ2v) is 2.71. The third-order valence-electron chi connectivity index (χ3n) is 1.80. The first-order valence-corrected chi connectivity index (χ1v) is 3.82. The smallest absolute Gasteiger partial charge is 0.123 e. The minimum Gasteiger partial charge on any atom is -0.278 e. The molecular formula is C9H6BFN2. The lowest BCUT2D eigenvalue weighted by Gasteiger charge is -1.98. The first-order chi connectivity index (χ1) is 6.27. The maximum atomic E-state index is 12.6. The summed E-state index contributed by atoms with van der Waals surface area (Å²) in [5.74, 6) is -0.262. The van der Waals surface area contributed by atoms with E-state index in [0.29, 0.717) is 5.46 Å². The molecule has 0 saturated carbocycles. The van der Waals surface area contributed by atoms with E-state index in [1.807, 2.05) is 0 Å². The van der Waals surface area contributed by atoms with Crippen LogP contribution in [0.25, 0.3) is 11.3 Å². The van der Waals surface area contributed by atoms with Crippen molar-refractivity contribution in [1.29, 1.82) is 0 Å². The predicted octanol–water partition coefficient (Wildman–Crippen LogP) is 1.01. The molecule has 0 bridgehead atoms. The molecule has 1 heterocycles. The van der Waals surface area contributed by atoms with E-state index in [1.54, 1.807) is 12.1 Å². The summed E-state index contributed by atoms with van der Waals surface area (Å²) in [5, 5.41) is 6.52. The summed E-state index contributed by atoms with van der Waals surface area (Å²) in [4.78, 5) is 0. The molecule has 2 rings (SSSR count). The molecule has 0 aliphatic heterocycles. The Labute approximate surface area is 76.2 Å². The molecule has 0 spiro atoms. The number of halogens is 1. The normalized spacial score (nSPS) is 10.2. The molecule has 4 heteroatoms. The molecule has 2 nitrogen and oxygen atoms in total. The predicted molar refractivity (Wildman–Crippen MR) is 49.4 cm³/mol. The number of hydrogen-bond acceptors (Lipinski definition) is 1. The van der Waals surface area contributed by atoms with Crippen LogP contribution in [-0.2, 0) is 0 Å². The van der Waals surface area contributed by atoms with E-state index in [1.165, 1.54) is 18.3 Å². The number of aromatic nitrogens is 2. The molecular weight excluding hydrogens is 166 g/mol. The van der Waals surface area contributed by atoms with Crippen LogP contribution in [0.4, 0.5) is 4.39 Å². The van der Waals surface area contributed by atoms with E-state index in [-0.39, 0.29) is 5.82 Å². The lowest BCUT2D eigenvalue weighted by molar-refractivity contribution is 0.628. The maximum absolute atomic E-state index is 12.6. The van der Waals surface area contributed by atoms with E-state index in [9.17, 15) is 4.39 Å². The first kappa shape index (κ1) is 8.04. The van der Waals surface area contributed by atoms with Crippen LogP contribution >= 0.6 is 0 Å². The van der Waals surface area contributed by atoms with Gasteiger partial charge in [-0.3, -0.25) is 5.10 Å². The highest BCUT2D eigenvalue weighted by atomic mass is 19.1. The summed E-state index contributed by atoms with van der Waals surface area (Å²) in [7, 11) is 5.62. The van der Waals surface area contributed by atoms with Crippen LogP contribution in [0, 0.1) is 5.82 Å². The third kappa shape index (κ3) is 1.47. The van der Waals surface area contributed by atoms with E-state index >= 15 is 0 Å². The van der Waals surface area contributed by atoms with Crippen LogP contribution < -0.4 is 5.46 Å². The molecule has 13 heavy (non-hydrogen) atoms. The fourth-order valence-electron chi connectivity index (χ4n) is 1.14. The molecule has 0 aliphatic rings. The summed E-state index contributed by atoms with van der Waals surface area (Å²) in [5.41, 5.74) is 2.11. The van der Waals surface area contributed by atoms with Gasteiger partial charge < -0.3 is 0 Å². The third-order valence-corrected chi connectivity index (χ3v) is 1.80. The van der Waals surface area contributed by atoms with Crippen molar-refractivity contribution in [2.45, 2.75) is 0 Å². The van der Waals surface area contributed by atoms with Gasteiger partial charge in [-0.05, 0) is 29.8 Å². The molecule has 62 valence electrons. The minimum atomic E-state index is -0.262. The van der Waals surface area contributed by atoms with Crippen molar-refractivity contribution in [2.75, 3.05) is 0 Å². The van der Waals surface area contributed by atoms with Gasteiger partial charge in [0.05, 0.1) is 5.69 Å². The summed E-state index contributed by atoms with van der Waals surface area (Å²) >= 11 is 0. The second-order valence-electron chi connectivity index (χ2n) is 2.71. The van der Waals surface area contributed by atoms with Crippen molar-refractivity contribution in [3.05, 3.63) is 36.3 Å². The Morgan fingerprint density at radius 2 is 1.92 bits per heavy atom. The highest BCUT2D eigenvalue weighted by Crippen LogP contribution is 2.13. The van der Waals surface area contributed by atoms with Gasteiger partial charge in [-0.1, -0.05) is 5.46 Å². The zero-order chi connectivity index (χ0) is 9.26. The van der Waals surface area contributed by atoms with Crippen molar-refractivity contribution < 1.29 is 4.39 Å². The van der Waals surface area contributed by atoms with E-state index in [4.69, 9.17) is 7.85 Å². The van der Waals surface area contributed by atoms with E-state index in [2.05, 4.69) is 10.2 Å². The van der Waals surface area contributed by atoms with Gasteiger partial charge in [0.15, 0.2) is 0 Å². The molecule has 2 radical (unpaired) electrons. The summed E-state index contributed by atoms with van der Waals surface area (Å²) in [6.45, 7) is 0. The molecule has 1 N–H and O–H groups in total. The molecule has 0 aliphatic carbocycles. The second kappa shape index (κ2) is 3.05. The average Bonchev–Trinajstić information content (AvgIpc) is 2.53. The Hall–Kier alpha value is -1.58. The van der Waals surface area contributed by atoms with Crippen LogP contribution in [0.2, 0.25) is 0 Å². The molecule has 0 unspecified atom stereocenters. The van der Waals surface area contributed by atoms with Gasteiger partial charge >= 0.3 is 0 Å². The van der Waals surface area contributed by atoms with Crippen LogP contribution in [0.15, 0.2) is 30.5 Å². The highest BCUT2D eigenvalue weighted by Gasteiger charge is 2.02. The maximum Gasteiger partial charge on any atom is 0.123 e. The molecule has 2 aromatic rings. The van der Waals surface area contributed by atoms with Crippen molar-refractivity contribution in [3.8, 4) is 11.3 Å². The topological polar surface area (TPSA) is 28.7 Å². The number of benzene rings is 1. The van der Waals surface area contributed by atoms with Gasteiger partial charge in [-0.15, -0.1) is 0 Å². The number of rotatable bonds is 1. The number of aromatic amines is 1. The average molecular weight is 172 g/mol. The van der Waals surface area contributed by atoms with Crippen molar-refractivity contribution >= 4 is 13.3 Å². The fraction of sp³-hybridized carbons (Fsp3) is 0. The zero-order valence-corrected chi connectivity index (χ0v) is 6.79.